The summed E-state index contributed by atoms with van der Waals surface area (Å²) in [5, 5.41) is 3.94. The molecule has 2 amide bonds. The molecule has 0 bridgehead atoms. The lowest BCUT2D eigenvalue weighted by atomic mass is 10.1. The van der Waals surface area contributed by atoms with Crippen LogP contribution in [-0.2, 0) is 26.2 Å². The maximum Gasteiger partial charge on any atom is 0.243 e. The van der Waals surface area contributed by atoms with Gasteiger partial charge in [0.25, 0.3) is 0 Å². The zero-order valence-corrected chi connectivity index (χ0v) is 21.5. The van der Waals surface area contributed by atoms with Gasteiger partial charge in [-0.1, -0.05) is 48.2 Å². The third-order valence-corrected chi connectivity index (χ3v) is 8.30. The summed E-state index contributed by atoms with van der Waals surface area (Å²) in [6, 6.07) is 12.1. The first-order valence-corrected chi connectivity index (χ1v) is 13.3. The van der Waals surface area contributed by atoms with Gasteiger partial charge in [0.15, 0.2) is 0 Å². The topological polar surface area (TPSA) is 86.8 Å². The van der Waals surface area contributed by atoms with Gasteiger partial charge in [-0.2, -0.15) is 4.31 Å². The quantitative estimate of drug-likeness (QED) is 0.534. The Morgan fingerprint density at radius 3 is 2.32 bits per heavy atom. The van der Waals surface area contributed by atoms with E-state index in [1.165, 1.54) is 36.2 Å². The molecule has 1 aliphatic rings. The van der Waals surface area contributed by atoms with E-state index in [1.807, 2.05) is 6.07 Å². The molecular formula is C24H29Cl2N3O4S. The van der Waals surface area contributed by atoms with Gasteiger partial charge in [0, 0.05) is 29.7 Å². The minimum atomic E-state index is -3.92. The number of rotatable bonds is 9. The number of carbonyl (C=O) groups is 2. The van der Waals surface area contributed by atoms with Gasteiger partial charge in [0.2, 0.25) is 21.8 Å². The van der Waals surface area contributed by atoms with E-state index in [0.29, 0.717) is 10.0 Å². The van der Waals surface area contributed by atoms with Crippen molar-refractivity contribution < 1.29 is 18.0 Å². The third kappa shape index (κ3) is 6.72. The molecule has 1 aliphatic carbocycles. The summed E-state index contributed by atoms with van der Waals surface area (Å²) in [6.45, 7) is 1.35. The second-order valence-electron chi connectivity index (χ2n) is 8.53. The van der Waals surface area contributed by atoms with Crippen molar-refractivity contribution in [3.05, 3.63) is 64.1 Å². The van der Waals surface area contributed by atoms with Crippen molar-refractivity contribution in [1.82, 2.24) is 14.5 Å². The van der Waals surface area contributed by atoms with Crippen LogP contribution in [0.5, 0.6) is 0 Å². The average molecular weight is 526 g/mol. The molecule has 7 nitrogen and oxygen atoms in total. The summed E-state index contributed by atoms with van der Waals surface area (Å²) in [7, 11) is -2.59. The molecule has 1 fully saturated rings. The molecule has 0 aromatic heterocycles. The van der Waals surface area contributed by atoms with Gasteiger partial charge in [0.05, 0.1) is 11.4 Å². The molecule has 0 saturated heterocycles. The van der Waals surface area contributed by atoms with Gasteiger partial charge in [-0.25, -0.2) is 8.42 Å². The number of nitrogens with zero attached hydrogens (tertiary/aromatic N) is 2. The monoisotopic (exact) mass is 525 g/mol. The van der Waals surface area contributed by atoms with Gasteiger partial charge in [-0.3, -0.25) is 9.59 Å². The molecule has 34 heavy (non-hydrogen) atoms. The largest absolute Gasteiger partial charge is 0.352 e. The van der Waals surface area contributed by atoms with E-state index in [1.54, 1.807) is 25.1 Å². The molecule has 0 unspecified atom stereocenters. The molecule has 0 radical (unpaired) electrons. The predicted octanol–water partition coefficient (Wildman–Crippen LogP) is 4.09. The summed E-state index contributed by atoms with van der Waals surface area (Å²) >= 11 is 12.0. The minimum absolute atomic E-state index is 0.0283. The smallest absolute Gasteiger partial charge is 0.243 e. The number of sulfonamides is 1. The molecule has 0 aliphatic heterocycles. The normalized spacial score (nSPS) is 15.3. The second-order valence-corrected chi connectivity index (χ2v) is 11.5. The van der Waals surface area contributed by atoms with Crippen LogP contribution in [0.15, 0.2) is 53.4 Å². The third-order valence-electron chi connectivity index (χ3n) is 5.99. The number of benzene rings is 2. The first kappa shape index (κ1) is 26.5. The Balaban J connectivity index is 1.79. The number of carbonyl (C=O) groups excluding carboxylic acids is 2. The summed E-state index contributed by atoms with van der Waals surface area (Å²) in [5.74, 6) is -0.750. The molecular weight excluding hydrogens is 497 g/mol. The van der Waals surface area contributed by atoms with Crippen molar-refractivity contribution in [3.8, 4) is 0 Å². The van der Waals surface area contributed by atoms with Crippen molar-refractivity contribution in [2.24, 2.45) is 0 Å². The Bertz CT molecular complexity index is 1120. The number of nitrogens with one attached hydrogen (secondary N) is 1. The van der Waals surface area contributed by atoms with Crippen LogP contribution < -0.4 is 5.32 Å². The maximum absolute atomic E-state index is 13.3. The van der Waals surface area contributed by atoms with Crippen LogP contribution in [0, 0.1) is 0 Å². The molecule has 3 rings (SSSR count). The molecule has 1 N–H and O–H groups in total. The van der Waals surface area contributed by atoms with Gasteiger partial charge in [-0.05, 0) is 61.7 Å². The van der Waals surface area contributed by atoms with Gasteiger partial charge >= 0.3 is 0 Å². The minimum Gasteiger partial charge on any atom is -0.352 e. The van der Waals surface area contributed by atoms with E-state index in [2.05, 4.69) is 5.32 Å². The van der Waals surface area contributed by atoms with Crippen molar-refractivity contribution in [2.75, 3.05) is 13.6 Å². The zero-order valence-electron chi connectivity index (χ0n) is 19.2. The fourth-order valence-corrected chi connectivity index (χ4v) is 5.42. The van der Waals surface area contributed by atoms with Crippen molar-refractivity contribution in [2.45, 2.75) is 56.1 Å². The van der Waals surface area contributed by atoms with Crippen LogP contribution in [0.25, 0.3) is 0 Å². The number of amides is 2. The van der Waals surface area contributed by atoms with E-state index < -0.39 is 28.5 Å². The van der Waals surface area contributed by atoms with Crippen molar-refractivity contribution >= 4 is 45.0 Å². The molecule has 2 aromatic rings. The van der Waals surface area contributed by atoms with E-state index in [9.17, 15) is 18.0 Å². The number of likely N-dealkylation sites (N-methyl/N-ethyl adjacent to an activating group) is 1. The Kier molecular flexibility index (Phi) is 8.98. The highest BCUT2D eigenvalue weighted by atomic mass is 35.5. The number of halogens is 2. The van der Waals surface area contributed by atoms with Crippen LogP contribution in [0.2, 0.25) is 10.0 Å². The van der Waals surface area contributed by atoms with Crippen LogP contribution in [-0.4, -0.2) is 55.1 Å². The SMILES string of the molecule is C[C@@H](C(=O)NC1CCCC1)N(Cc1cccc(Cl)c1)C(=O)CN(C)S(=O)(=O)c1ccc(Cl)cc1. The molecule has 0 heterocycles. The Morgan fingerprint density at radius 2 is 1.71 bits per heavy atom. The van der Waals surface area contributed by atoms with Crippen LogP contribution in [0.1, 0.15) is 38.2 Å². The maximum atomic E-state index is 13.3. The standard InChI is InChI=1S/C24H29Cl2N3O4S/c1-17(24(31)27-21-8-3-4-9-21)29(15-18-6-5-7-20(26)14-18)23(30)16-28(2)34(32,33)22-12-10-19(25)11-13-22/h5-7,10-14,17,21H,3-4,8-9,15-16H2,1-2H3,(H,27,31)/t17-/m0/s1. The first-order chi connectivity index (χ1) is 16.1. The fraction of sp³-hybridized carbons (Fsp3) is 0.417. The van der Waals surface area contributed by atoms with Gasteiger partial charge < -0.3 is 10.2 Å². The van der Waals surface area contributed by atoms with E-state index in [-0.39, 0.29) is 23.4 Å². The zero-order chi connectivity index (χ0) is 24.9. The highest BCUT2D eigenvalue weighted by molar-refractivity contribution is 7.89. The second kappa shape index (κ2) is 11.5. The molecule has 10 heteroatoms. The van der Waals surface area contributed by atoms with Crippen molar-refractivity contribution in [1.29, 1.82) is 0 Å². The Hall–Kier alpha value is -2.13. The lowest BCUT2D eigenvalue weighted by Crippen LogP contribution is -2.52. The van der Waals surface area contributed by atoms with Crippen molar-refractivity contribution in [3.63, 3.8) is 0 Å². The Labute approximate surface area is 211 Å². The highest BCUT2D eigenvalue weighted by Gasteiger charge is 2.31. The summed E-state index contributed by atoms with van der Waals surface area (Å²) in [4.78, 5) is 27.7. The average Bonchev–Trinajstić information content (AvgIpc) is 3.30. The predicted molar refractivity (Wildman–Crippen MR) is 133 cm³/mol. The van der Waals surface area contributed by atoms with Crippen LogP contribution >= 0.6 is 23.2 Å². The number of hydrogen-bond donors (Lipinski definition) is 1. The lowest BCUT2D eigenvalue weighted by Gasteiger charge is -2.31. The first-order valence-electron chi connectivity index (χ1n) is 11.1. The summed E-state index contributed by atoms with van der Waals surface area (Å²) < 4.78 is 26.9. The van der Waals surface area contributed by atoms with E-state index in [0.717, 1.165) is 35.6 Å². The highest BCUT2D eigenvalue weighted by Crippen LogP contribution is 2.21. The molecule has 184 valence electrons. The molecule has 0 spiro atoms. The molecule has 1 atom stereocenters. The Morgan fingerprint density at radius 1 is 1.06 bits per heavy atom. The van der Waals surface area contributed by atoms with Gasteiger partial charge in [-0.15, -0.1) is 0 Å². The van der Waals surface area contributed by atoms with Crippen LogP contribution in [0.4, 0.5) is 0 Å². The fourth-order valence-electron chi connectivity index (χ4n) is 3.96. The summed E-state index contributed by atoms with van der Waals surface area (Å²) in [6.07, 6.45) is 3.97. The van der Waals surface area contributed by atoms with Gasteiger partial charge in [0.1, 0.15) is 6.04 Å². The lowest BCUT2D eigenvalue weighted by molar-refractivity contribution is -0.140. The van der Waals surface area contributed by atoms with Crippen LogP contribution in [0.3, 0.4) is 0 Å². The van der Waals surface area contributed by atoms with E-state index in [4.69, 9.17) is 23.2 Å². The molecule has 2 aromatic carbocycles. The van der Waals surface area contributed by atoms with E-state index >= 15 is 0 Å². The summed E-state index contributed by atoms with van der Waals surface area (Å²) in [5.41, 5.74) is 0.740. The number of hydrogen-bond acceptors (Lipinski definition) is 4. The molecule has 1 saturated carbocycles.